The normalized spacial score (nSPS) is 12.2. The van der Waals surface area contributed by atoms with Crippen LogP contribution in [0.25, 0.3) is 0 Å². The summed E-state index contributed by atoms with van der Waals surface area (Å²) in [6.07, 6.45) is -28.3. The molecule has 0 atom stereocenters. The Morgan fingerprint density at radius 3 is 0.940 bits per heavy atom. The van der Waals surface area contributed by atoms with Crippen molar-refractivity contribution in [2.24, 2.45) is 0 Å². The molecule has 1 N–H and O–H groups in total. The molecule has 0 unspecified atom stereocenters. The van der Waals surface area contributed by atoms with Gasteiger partial charge >= 0.3 is 49.2 Å². The summed E-state index contributed by atoms with van der Waals surface area (Å²) in [5.74, 6) is -2.07. The Balaban J connectivity index is 0.000000694. The van der Waals surface area contributed by atoms with Crippen molar-refractivity contribution in [3.63, 3.8) is 0 Å². The van der Waals surface area contributed by atoms with Crippen LogP contribution in [0.5, 0.6) is 0 Å². The zero-order valence-corrected chi connectivity index (χ0v) is 26.1. The van der Waals surface area contributed by atoms with E-state index in [1.165, 1.54) is 0 Å². The molecule has 0 aliphatic heterocycles. The standard InChI is InChI=1S/C9H4F6O2.C8H2Br2F6.C8H4F6.CO2/c10-8(11,12)4-1-2-6(9(13,14)15)5(3-4)7(16)17;9-5-1-3(7(11,12)13)6(10)2-4(5)8(14,15)16;9-7(10,11)5-1-2-6(4-3-5)8(12,13)14;2-1-3/h1-3H,(H,16,17);1-2H;1-4H;. The third kappa shape index (κ3) is 14.6. The number of hydrogen-bond donors (Lipinski definition) is 1. The van der Waals surface area contributed by atoms with Crippen molar-refractivity contribution >= 4 is 44.0 Å². The van der Waals surface area contributed by atoms with Crippen molar-refractivity contribution in [1.29, 1.82) is 0 Å². The number of halogens is 20. The van der Waals surface area contributed by atoms with E-state index < -0.39 is 90.9 Å². The topological polar surface area (TPSA) is 71.4 Å². The van der Waals surface area contributed by atoms with E-state index in [0.717, 1.165) is 0 Å². The van der Waals surface area contributed by atoms with Gasteiger partial charge in [-0.2, -0.15) is 88.6 Å². The van der Waals surface area contributed by atoms with Crippen LogP contribution in [-0.4, -0.2) is 17.2 Å². The van der Waals surface area contributed by atoms with Crippen LogP contribution in [0.1, 0.15) is 43.7 Å². The van der Waals surface area contributed by atoms with Crippen LogP contribution in [0, 0.1) is 0 Å². The summed E-state index contributed by atoms with van der Waals surface area (Å²) in [5.41, 5.74) is -8.98. The highest BCUT2D eigenvalue weighted by Crippen LogP contribution is 2.43. The van der Waals surface area contributed by atoms with Crippen LogP contribution in [0.15, 0.2) is 63.5 Å². The lowest BCUT2D eigenvalue weighted by atomic mass is 10.0. The number of hydrogen-bond acceptors (Lipinski definition) is 3. The molecule has 3 aromatic rings. The summed E-state index contributed by atoms with van der Waals surface area (Å²) in [5, 5.41) is 8.45. The molecule has 3 rings (SSSR count). The van der Waals surface area contributed by atoms with Gasteiger partial charge in [-0.25, -0.2) is 4.79 Å². The molecule has 0 saturated carbocycles. The molecule has 0 spiro atoms. The molecule has 3 aromatic carbocycles. The van der Waals surface area contributed by atoms with Crippen molar-refractivity contribution in [2.45, 2.75) is 37.1 Å². The van der Waals surface area contributed by atoms with Crippen molar-refractivity contribution in [1.82, 2.24) is 0 Å². The smallest absolute Gasteiger partial charge is 0.417 e. The number of rotatable bonds is 1. The third-order valence-electron chi connectivity index (χ3n) is 5.09. The van der Waals surface area contributed by atoms with Crippen LogP contribution >= 0.6 is 31.9 Å². The number of carbonyl (C=O) groups is 1. The summed E-state index contributed by atoms with van der Waals surface area (Å²) in [4.78, 5) is 26.7. The largest absolute Gasteiger partial charge is 0.478 e. The lowest BCUT2D eigenvalue weighted by Crippen LogP contribution is -2.15. The first kappa shape index (κ1) is 46.2. The van der Waals surface area contributed by atoms with Crippen LogP contribution in [0.4, 0.5) is 79.0 Å². The number of aromatic carboxylic acids is 1. The van der Waals surface area contributed by atoms with E-state index in [1.54, 1.807) is 0 Å². The lowest BCUT2D eigenvalue weighted by molar-refractivity contribution is -0.192. The van der Waals surface area contributed by atoms with E-state index in [2.05, 4.69) is 31.9 Å². The maximum Gasteiger partial charge on any atom is 0.417 e. The molecule has 50 heavy (non-hydrogen) atoms. The van der Waals surface area contributed by atoms with Crippen molar-refractivity contribution in [3.05, 3.63) is 102 Å². The number of carboxylic acids is 1. The van der Waals surface area contributed by atoms with E-state index in [0.29, 0.717) is 36.4 Å². The molecule has 24 heteroatoms. The van der Waals surface area contributed by atoms with Gasteiger partial charge in [0.25, 0.3) is 0 Å². The molecule has 0 aliphatic rings. The van der Waals surface area contributed by atoms with Crippen LogP contribution in [0.2, 0.25) is 0 Å². The maximum absolute atomic E-state index is 12.3. The van der Waals surface area contributed by atoms with Crippen molar-refractivity contribution in [2.75, 3.05) is 0 Å². The summed E-state index contributed by atoms with van der Waals surface area (Å²) in [6.45, 7) is 0. The minimum absolute atomic E-state index is 0.0366. The van der Waals surface area contributed by atoms with Gasteiger partial charge in [-0.1, -0.05) is 31.9 Å². The minimum Gasteiger partial charge on any atom is -0.478 e. The zero-order chi connectivity index (χ0) is 39.8. The summed E-state index contributed by atoms with van der Waals surface area (Å²) < 4.78 is 218. The summed E-state index contributed by atoms with van der Waals surface area (Å²) in [7, 11) is 0. The van der Waals surface area contributed by atoms with Gasteiger partial charge in [0, 0.05) is 8.95 Å². The predicted octanol–water partition coefficient (Wildman–Crippen LogP) is 11.8. The summed E-state index contributed by atoms with van der Waals surface area (Å²) >= 11 is 4.94. The number of alkyl halides is 18. The Kier molecular flexibility index (Phi) is 15.7. The molecule has 0 saturated heterocycles. The van der Waals surface area contributed by atoms with Gasteiger partial charge in [-0.15, -0.1) is 0 Å². The second kappa shape index (κ2) is 16.9. The van der Waals surface area contributed by atoms with E-state index in [1.807, 2.05) is 0 Å². The minimum atomic E-state index is -5.02. The SMILES string of the molecule is FC(F)(F)c1cc(Br)c(C(F)(F)F)cc1Br.FC(F)(F)c1ccc(C(F)(F)F)cc1.O=C(O)c1cc(C(F)(F)F)ccc1C(F)(F)F.O=C=O. The monoisotopic (exact) mass is 886 g/mol. The third-order valence-corrected chi connectivity index (χ3v) is 6.40. The molecular formula is C26H10Br2F18O4. The van der Waals surface area contributed by atoms with Gasteiger partial charge in [0.2, 0.25) is 0 Å². The Morgan fingerprint density at radius 2 is 0.720 bits per heavy atom. The number of benzene rings is 3. The Morgan fingerprint density at radius 1 is 0.460 bits per heavy atom. The fourth-order valence-electron chi connectivity index (χ4n) is 2.97. The second-order valence-electron chi connectivity index (χ2n) is 8.52. The second-order valence-corrected chi connectivity index (χ2v) is 10.2. The molecule has 0 amide bonds. The summed E-state index contributed by atoms with van der Waals surface area (Å²) in [6, 6.07) is 2.67. The molecule has 0 aliphatic carbocycles. The van der Waals surface area contributed by atoms with Crippen molar-refractivity contribution < 1.29 is 98.5 Å². The molecule has 4 nitrogen and oxygen atoms in total. The van der Waals surface area contributed by atoms with Gasteiger partial charge in [0.15, 0.2) is 0 Å². The number of carbonyl (C=O) groups excluding carboxylic acids is 2. The molecule has 0 fully saturated rings. The first-order valence-electron chi connectivity index (χ1n) is 11.6. The maximum atomic E-state index is 12.3. The zero-order valence-electron chi connectivity index (χ0n) is 22.9. The Hall–Kier alpha value is -3.79. The van der Waals surface area contributed by atoms with E-state index in [-0.39, 0.29) is 24.4 Å². The molecule has 0 aromatic heterocycles. The molecule has 0 radical (unpaired) electrons. The molecule has 0 bridgehead atoms. The highest BCUT2D eigenvalue weighted by molar-refractivity contribution is 9.11. The lowest BCUT2D eigenvalue weighted by Gasteiger charge is -2.14. The van der Waals surface area contributed by atoms with Crippen LogP contribution < -0.4 is 0 Å². The highest BCUT2D eigenvalue weighted by Gasteiger charge is 2.40. The van der Waals surface area contributed by atoms with Crippen LogP contribution in [0.3, 0.4) is 0 Å². The quantitative estimate of drug-likeness (QED) is 0.247. The molecular weight excluding hydrogens is 878 g/mol. The average Bonchev–Trinajstić information content (AvgIpc) is 2.92. The van der Waals surface area contributed by atoms with Gasteiger partial charge in [0.05, 0.1) is 38.9 Å². The van der Waals surface area contributed by atoms with E-state index in [9.17, 15) is 83.8 Å². The first-order chi connectivity index (χ1) is 22.2. The van der Waals surface area contributed by atoms with Crippen LogP contribution in [-0.2, 0) is 46.6 Å². The fraction of sp³-hybridized carbons (Fsp3) is 0.231. The Labute approximate surface area is 281 Å². The van der Waals surface area contributed by atoms with Gasteiger partial charge in [-0.05, 0) is 54.6 Å². The molecule has 0 heterocycles. The van der Waals surface area contributed by atoms with Gasteiger partial charge < -0.3 is 5.11 Å². The van der Waals surface area contributed by atoms with Gasteiger partial charge in [0.1, 0.15) is 0 Å². The number of carboxylic acid groups (broad SMARTS) is 1. The molecule has 278 valence electrons. The van der Waals surface area contributed by atoms with E-state index in [4.69, 9.17) is 14.7 Å². The highest BCUT2D eigenvalue weighted by atomic mass is 79.9. The Bertz CT molecular complexity index is 1560. The fourth-order valence-corrected chi connectivity index (χ4v) is 4.11. The predicted molar refractivity (Wildman–Crippen MR) is 137 cm³/mol. The van der Waals surface area contributed by atoms with Crippen molar-refractivity contribution in [3.8, 4) is 0 Å². The van der Waals surface area contributed by atoms with Gasteiger partial charge in [-0.3, -0.25) is 0 Å². The van der Waals surface area contributed by atoms with E-state index >= 15 is 0 Å². The first-order valence-corrected chi connectivity index (χ1v) is 13.2. The average molecular weight is 888 g/mol.